The summed E-state index contributed by atoms with van der Waals surface area (Å²) in [5.74, 6) is 1.42. The summed E-state index contributed by atoms with van der Waals surface area (Å²) in [7, 11) is 3.22. The van der Waals surface area contributed by atoms with Gasteiger partial charge in [-0.1, -0.05) is 11.6 Å². The minimum Gasteiger partial charge on any atom is -0.496 e. The lowest BCUT2D eigenvalue weighted by Gasteiger charge is -2.13. The molecule has 1 aromatic heterocycles. The topological polar surface area (TPSA) is 72.5 Å². The molecule has 140 valence electrons. The van der Waals surface area contributed by atoms with Crippen molar-refractivity contribution in [3.63, 3.8) is 0 Å². The number of aromatic nitrogens is 1. The Balaban J connectivity index is 1.86. The first-order valence-corrected chi connectivity index (χ1v) is 8.67. The van der Waals surface area contributed by atoms with E-state index in [1.54, 1.807) is 38.6 Å². The lowest BCUT2D eigenvalue weighted by molar-refractivity contribution is -0.121. The first-order valence-electron chi connectivity index (χ1n) is 8.29. The molecular weight excluding hydrogens is 354 g/mol. The third-order valence-corrected chi connectivity index (χ3v) is 4.27. The van der Waals surface area contributed by atoms with Gasteiger partial charge in [-0.15, -0.1) is 0 Å². The van der Waals surface area contributed by atoms with Gasteiger partial charge in [-0.25, -0.2) is 0 Å². The number of anilines is 1. The monoisotopic (exact) mass is 377 g/mol. The Hall–Kier alpha value is -2.47. The number of halogens is 1. The number of nitrogens with zero attached hydrogens (tertiary/aromatic N) is 1. The SMILES string of the molecule is COc1ccc(Cl)cc1NCCC(=O)NCc1ncc(C)c(OC)c1C. The minimum absolute atomic E-state index is 0.0702. The van der Waals surface area contributed by atoms with E-state index < -0.39 is 0 Å². The summed E-state index contributed by atoms with van der Waals surface area (Å²) < 4.78 is 10.6. The van der Waals surface area contributed by atoms with Crippen molar-refractivity contribution in [2.24, 2.45) is 0 Å². The van der Waals surface area contributed by atoms with Crippen molar-refractivity contribution in [1.82, 2.24) is 10.3 Å². The number of nitrogens with one attached hydrogen (secondary N) is 2. The molecule has 7 heteroatoms. The second-order valence-electron chi connectivity index (χ2n) is 5.84. The fourth-order valence-electron chi connectivity index (χ4n) is 2.65. The number of rotatable bonds is 8. The van der Waals surface area contributed by atoms with Crippen LogP contribution in [0.1, 0.15) is 23.2 Å². The number of benzene rings is 1. The summed E-state index contributed by atoms with van der Waals surface area (Å²) >= 11 is 5.99. The van der Waals surface area contributed by atoms with Crippen molar-refractivity contribution in [1.29, 1.82) is 0 Å². The van der Waals surface area contributed by atoms with Gasteiger partial charge in [0.25, 0.3) is 0 Å². The molecular formula is C19H24ClN3O3. The van der Waals surface area contributed by atoms with E-state index in [-0.39, 0.29) is 5.91 Å². The van der Waals surface area contributed by atoms with Gasteiger partial charge in [0.1, 0.15) is 11.5 Å². The molecule has 0 atom stereocenters. The standard InChI is InChI=1S/C19H24ClN3O3/c1-12-10-22-16(13(2)19(12)26-4)11-23-18(24)7-8-21-15-9-14(20)5-6-17(15)25-3/h5-6,9-10,21H,7-8,11H2,1-4H3,(H,23,24). The first kappa shape index (κ1) is 19.8. The summed E-state index contributed by atoms with van der Waals surface area (Å²) in [4.78, 5) is 16.5. The minimum atomic E-state index is -0.0702. The molecule has 0 spiro atoms. The third-order valence-electron chi connectivity index (χ3n) is 4.03. The highest BCUT2D eigenvalue weighted by Crippen LogP contribution is 2.27. The molecule has 0 aliphatic rings. The van der Waals surface area contributed by atoms with Crippen LogP contribution in [0.3, 0.4) is 0 Å². The molecule has 2 aromatic rings. The van der Waals surface area contributed by atoms with E-state index in [0.717, 1.165) is 28.3 Å². The maximum Gasteiger partial charge on any atom is 0.222 e. The Morgan fingerprint density at radius 2 is 2.00 bits per heavy atom. The Morgan fingerprint density at radius 1 is 1.23 bits per heavy atom. The van der Waals surface area contributed by atoms with Crippen LogP contribution in [0.5, 0.6) is 11.5 Å². The summed E-state index contributed by atoms with van der Waals surface area (Å²) in [5.41, 5.74) is 3.47. The highest BCUT2D eigenvalue weighted by Gasteiger charge is 2.11. The zero-order chi connectivity index (χ0) is 19.1. The van der Waals surface area contributed by atoms with Crippen LogP contribution in [0.2, 0.25) is 5.02 Å². The van der Waals surface area contributed by atoms with E-state index in [0.29, 0.717) is 30.3 Å². The molecule has 1 heterocycles. The quantitative estimate of drug-likeness (QED) is 0.736. The van der Waals surface area contributed by atoms with Crippen molar-refractivity contribution in [3.8, 4) is 11.5 Å². The van der Waals surface area contributed by atoms with Gasteiger partial charge in [0.05, 0.1) is 32.1 Å². The third kappa shape index (κ3) is 5.02. The highest BCUT2D eigenvalue weighted by atomic mass is 35.5. The van der Waals surface area contributed by atoms with Crippen LogP contribution < -0.4 is 20.1 Å². The van der Waals surface area contributed by atoms with Crippen LogP contribution in [0.15, 0.2) is 24.4 Å². The maximum absolute atomic E-state index is 12.1. The average Bonchev–Trinajstić information content (AvgIpc) is 2.61. The van der Waals surface area contributed by atoms with Gasteiger partial charge < -0.3 is 20.1 Å². The number of amides is 1. The van der Waals surface area contributed by atoms with Crippen LogP contribution >= 0.6 is 11.6 Å². The molecule has 0 fully saturated rings. The molecule has 0 aliphatic carbocycles. The Kier molecular flexibility index (Phi) is 7.09. The van der Waals surface area contributed by atoms with Crippen LogP contribution in [0, 0.1) is 13.8 Å². The number of carbonyl (C=O) groups excluding carboxylic acids is 1. The molecule has 26 heavy (non-hydrogen) atoms. The molecule has 0 aliphatic heterocycles. The molecule has 0 unspecified atom stereocenters. The van der Waals surface area contributed by atoms with Gasteiger partial charge >= 0.3 is 0 Å². The van der Waals surface area contributed by atoms with E-state index in [9.17, 15) is 4.79 Å². The summed E-state index contributed by atoms with van der Waals surface area (Å²) in [5, 5.41) is 6.65. The molecule has 2 N–H and O–H groups in total. The van der Waals surface area contributed by atoms with Gasteiger partial charge in [-0.3, -0.25) is 9.78 Å². The Labute approximate surface area is 158 Å². The highest BCUT2D eigenvalue weighted by molar-refractivity contribution is 6.30. The van der Waals surface area contributed by atoms with E-state index in [2.05, 4.69) is 15.6 Å². The zero-order valence-corrected chi connectivity index (χ0v) is 16.2. The average molecular weight is 378 g/mol. The Bertz CT molecular complexity index is 781. The van der Waals surface area contributed by atoms with Gasteiger partial charge in [-0.05, 0) is 32.0 Å². The van der Waals surface area contributed by atoms with Crippen molar-refractivity contribution < 1.29 is 14.3 Å². The molecule has 1 amide bonds. The first-order chi connectivity index (χ1) is 12.5. The van der Waals surface area contributed by atoms with E-state index in [4.69, 9.17) is 21.1 Å². The van der Waals surface area contributed by atoms with Crippen LogP contribution in [-0.2, 0) is 11.3 Å². The number of carbonyl (C=O) groups is 1. The molecule has 0 saturated heterocycles. The summed E-state index contributed by atoms with van der Waals surface area (Å²) in [6, 6.07) is 5.30. The molecule has 1 aromatic carbocycles. The lowest BCUT2D eigenvalue weighted by atomic mass is 10.1. The van der Waals surface area contributed by atoms with Gasteiger partial charge in [0, 0.05) is 35.3 Å². The van der Waals surface area contributed by atoms with Gasteiger partial charge in [-0.2, -0.15) is 0 Å². The number of methoxy groups -OCH3 is 2. The van der Waals surface area contributed by atoms with Gasteiger partial charge in [0.2, 0.25) is 5.91 Å². The molecule has 0 radical (unpaired) electrons. The second-order valence-corrected chi connectivity index (χ2v) is 6.28. The van der Waals surface area contributed by atoms with E-state index in [1.165, 1.54) is 0 Å². The smallest absolute Gasteiger partial charge is 0.222 e. The van der Waals surface area contributed by atoms with Gasteiger partial charge in [0.15, 0.2) is 0 Å². The van der Waals surface area contributed by atoms with Crippen molar-refractivity contribution in [2.75, 3.05) is 26.1 Å². The fourth-order valence-corrected chi connectivity index (χ4v) is 2.82. The number of pyridine rings is 1. The normalized spacial score (nSPS) is 10.3. The van der Waals surface area contributed by atoms with Crippen molar-refractivity contribution in [3.05, 3.63) is 46.2 Å². The Morgan fingerprint density at radius 3 is 2.69 bits per heavy atom. The van der Waals surface area contributed by atoms with Crippen LogP contribution in [0.25, 0.3) is 0 Å². The molecule has 2 rings (SSSR count). The summed E-state index contributed by atoms with van der Waals surface area (Å²) in [6.45, 7) is 4.71. The molecule has 6 nitrogen and oxygen atoms in total. The zero-order valence-electron chi connectivity index (χ0n) is 15.5. The largest absolute Gasteiger partial charge is 0.496 e. The van der Waals surface area contributed by atoms with Crippen LogP contribution in [0.4, 0.5) is 5.69 Å². The van der Waals surface area contributed by atoms with Crippen molar-refractivity contribution >= 4 is 23.2 Å². The molecule has 0 saturated carbocycles. The number of hydrogen-bond acceptors (Lipinski definition) is 5. The fraction of sp³-hybridized carbons (Fsp3) is 0.368. The van der Waals surface area contributed by atoms with E-state index >= 15 is 0 Å². The molecule has 0 bridgehead atoms. The predicted octanol–water partition coefficient (Wildman–Crippen LogP) is 3.49. The van der Waals surface area contributed by atoms with Crippen molar-refractivity contribution in [2.45, 2.75) is 26.8 Å². The predicted molar refractivity (Wildman–Crippen MR) is 103 cm³/mol. The second kappa shape index (κ2) is 9.29. The number of hydrogen-bond donors (Lipinski definition) is 2. The maximum atomic E-state index is 12.1. The lowest BCUT2D eigenvalue weighted by Crippen LogP contribution is -2.25. The van der Waals surface area contributed by atoms with E-state index in [1.807, 2.05) is 13.8 Å². The number of ether oxygens (including phenoxy) is 2. The van der Waals surface area contributed by atoms with Crippen LogP contribution in [-0.4, -0.2) is 31.7 Å². The summed E-state index contributed by atoms with van der Waals surface area (Å²) in [6.07, 6.45) is 2.07. The number of aryl methyl sites for hydroxylation is 1.